The Morgan fingerprint density at radius 2 is 2.20 bits per heavy atom. The normalized spacial score (nSPS) is 7.30. The fourth-order valence-corrected chi connectivity index (χ4v) is 0.503. The number of nitrogens with one attached hydrogen (secondary N) is 1. The van der Waals surface area contributed by atoms with E-state index in [1.54, 1.807) is 12.4 Å². The summed E-state index contributed by atoms with van der Waals surface area (Å²) in [5.74, 6) is 0. The first-order valence-corrected chi connectivity index (χ1v) is 2.47. The van der Waals surface area contributed by atoms with E-state index in [1.165, 1.54) is 0 Å². The number of pyridine rings is 1. The summed E-state index contributed by atoms with van der Waals surface area (Å²) in [5, 5.41) is 0. The summed E-state index contributed by atoms with van der Waals surface area (Å²) in [5.41, 5.74) is 7.87. The SMILES string of the molecule is O.[NH-]Cc1cccnc1.[Y]. The molecule has 0 unspecified atom stereocenters. The first-order chi connectivity index (χ1) is 3.93. The third-order valence-electron chi connectivity index (χ3n) is 0.927. The second kappa shape index (κ2) is 7.28. The third-order valence-corrected chi connectivity index (χ3v) is 0.927. The quantitative estimate of drug-likeness (QED) is 0.681. The molecule has 3 N–H and O–H groups in total. The Morgan fingerprint density at radius 3 is 2.50 bits per heavy atom. The van der Waals surface area contributed by atoms with Gasteiger partial charge in [-0.3, -0.25) is 4.98 Å². The van der Waals surface area contributed by atoms with Crippen molar-refractivity contribution in [1.29, 1.82) is 0 Å². The van der Waals surface area contributed by atoms with Gasteiger partial charge in [-0.25, -0.2) is 0 Å². The van der Waals surface area contributed by atoms with Crippen LogP contribution in [-0.2, 0) is 39.3 Å². The zero-order chi connectivity index (χ0) is 5.82. The molecule has 0 aliphatic rings. The van der Waals surface area contributed by atoms with E-state index in [4.69, 9.17) is 5.73 Å². The summed E-state index contributed by atoms with van der Waals surface area (Å²) in [6.07, 6.45) is 3.41. The van der Waals surface area contributed by atoms with Crippen LogP contribution in [0.2, 0.25) is 0 Å². The standard InChI is InChI=1S/C6H7N2.H2O.Y/c7-4-6-2-1-3-8-5-6;;/h1-3,5,7H,4H2;1H2;/q-1;;. The Morgan fingerprint density at radius 1 is 1.50 bits per heavy atom. The monoisotopic (exact) mass is 214 g/mol. The number of hydrogen-bond donors (Lipinski definition) is 0. The molecule has 0 aromatic carbocycles. The number of hydrogen-bond acceptors (Lipinski definition) is 1. The fourth-order valence-electron chi connectivity index (χ4n) is 0.503. The van der Waals surface area contributed by atoms with Gasteiger partial charge in [0, 0.05) is 45.1 Å². The molecule has 1 aromatic heterocycles. The van der Waals surface area contributed by atoms with Gasteiger partial charge in [0.05, 0.1) is 0 Å². The van der Waals surface area contributed by atoms with Gasteiger partial charge in [0.25, 0.3) is 0 Å². The van der Waals surface area contributed by atoms with Crippen molar-refractivity contribution in [2.24, 2.45) is 0 Å². The van der Waals surface area contributed by atoms with E-state index in [9.17, 15) is 0 Å². The minimum atomic E-state index is 0. The minimum Gasteiger partial charge on any atom is -0.674 e. The molecule has 0 aliphatic heterocycles. The van der Waals surface area contributed by atoms with Gasteiger partial charge in [-0.2, -0.15) is 0 Å². The summed E-state index contributed by atoms with van der Waals surface area (Å²) in [6.45, 7) is 0.327. The summed E-state index contributed by atoms with van der Waals surface area (Å²) in [4.78, 5) is 3.84. The van der Waals surface area contributed by atoms with Crippen molar-refractivity contribution in [1.82, 2.24) is 4.98 Å². The van der Waals surface area contributed by atoms with Crippen LogP contribution in [0.1, 0.15) is 5.56 Å². The Bertz CT molecular complexity index is 157. The summed E-state index contributed by atoms with van der Waals surface area (Å²) in [6, 6.07) is 3.73. The molecule has 10 heavy (non-hydrogen) atoms. The van der Waals surface area contributed by atoms with E-state index in [1.807, 2.05) is 12.1 Å². The van der Waals surface area contributed by atoms with E-state index in [0.29, 0.717) is 6.54 Å². The molecule has 0 spiro atoms. The first-order valence-electron chi connectivity index (χ1n) is 2.47. The molecule has 1 radical (unpaired) electrons. The van der Waals surface area contributed by atoms with Crippen LogP contribution in [0.3, 0.4) is 0 Å². The van der Waals surface area contributed by atoms with Crippen LogP contribution >= 0.6 is 0 Å². The molecule has 0 amide bonds. The van der Waals surface area contributed by atoms with E-state index < -0.39 is 0 Å². The van der Waals surface area contributed by atoms with Crippen LogP contribution in [0.5, 0.6) is 0 Å². The molecule has 0 saturated heterocycles. The molecular formula is C6H9N2OY-. The Kier molecular flexibility index (Phi) is 9.33. The van der Waals surface area contributed by atoms with Crippen molar-refractivity contribution < 1.29 is 38.2 Å². The Labute approximate surface area is 85.2 Å². The van der Waals surface area contributed by atoms with E-state index >= 15 is 0 Å². The van der Waals surface area contributed by atoms with Gasteiger partial charge in [0.1, 0.15) is 0 Å². The maximum absolute atomic E-state index is 6.90. The van der Waals surface area contributed by atoms with Gasteiger partial charge in [-0.1, -0.05) is 11.6 Å². The molecule has 0 fully saturated rings. The summed E-state index contributed by atoms with van der Waals surface area (Å²) >= 11 is 0. The van der Waals surface area contributed by atoms with Crippen LogP contribution in [0.25, 0.3) is 5.73 Å². The molecular weight excluding hydrogens is 205 g/mol. The van der Waals surface area contributed by atoms with Gasteiger partial charge in [-0.15, -0.1) is 6.54 Å². The first kappa shape index (κ1) is 12.8. The van der Waals surface area contributed by atoms with Crippen molar-refractivity contribution in [3.8, 4) is 0 Å². The molecule has 1 heterocycles. The average Bonchev–Trinajstić information content (AvgIpc) is 1.90. The predicted molar refractivity (Wildman–Crippen MR) is 35.9 cm³/mol. The molecule has 1 rings (SSSR count). The molecule has 0 atom stereocenters. The fraction of sp³-hybridized carbons (Fsp3) is 0.167. The van der Waals surface area contributed by atoms with Gasteiger partial charge in [0.15, 0.2) is 0 Å². The maximum atomic E-state index is 6.90. The molecule has 3 nitrogen and oxygen atoms in total. The van der Waals surface area contributed by atoms with Gasteiger partial charge < -0.3 is 11.2 Å². The van der Waals surface area contributed by atoms with Crippen molar-refractivity contribution in [3.05, 3.63) is 35.8 Å². The molecule has 0 saturated carbocycles. The minimum absolute atomic E-state index is 0. The van der Waals surface area contributed by atoms with Gasteiger partial charge >= 0.3 is 0 Å². The summed E-state index contributed by atoms with van der Waals surface area (Å²) < 4.78 is 0. The second-order valence-corrected chi connectivity index (χ2v) is 1.54. The number of rotatable bonds is 1. The van der Waals surface area contributed by atoms with E-state index in [0.717, 1.165) is 5.56 Å². The smallest absolute Gasteiger partial charge is 0.0282 e. The Balaban J connectivity index is 0. The van der Waals surface area contributed by atoms with Crippen molar-refractivity contribution in [2.45, 2.75) is 6.54 Å². The van der Waals surface area contributed by atoms with Crippen molar-refractivity contribution in [3.63, 3.8) is 0 Å². The Hall–Kier alpha value is 0.174. The second-order valence-electron chi connectivity index (χ2n) is 1.54. The topological polar surface area (TPSA) is 68.2 Å². The van der Waals surface area contributed by atoms with Gasteiger partial charge in [0.2, 0.25) is 0 Å². The summed E-state index contributed by atoms with van der Waals surface area (Å²) in [7, 11) is 0. The van der Waals surface area contributed by atoms with Crippen LogP contribution in [0.4, 0.5) is 0 Å². The number of aromatic nitrogens is 1. The zero-order valence-corrected chi connectivity index (χ0v) is 8.38. The molecule has 0 aliphatic carbocycles. The van der Waals surface area contributed by atoms with Crippen molar-refractivity contribution in [2.75, 3.05) is 0 Å². The average molecular weight is 214 g/mol. The van der Waals surface area contributed by atoms with Crippen LogP contribution < -0.4 is 0 Å². The molecule has 53 valence electrons. The van der Waals surface area contributed by atoms with Crippen LogP contribution in [-0.4, -0.2) is 10.5 Å². The molecule has 1 aromatic rings. The zero-order valence-electron chi connectivity index (χ0n) is 5.54. The van der Waals surface area contributed by atoms with Gasteiger partial charge in [-0.05, 0) is 6.07 Å². The largest absolute Gasteiger partial charge is 0.674 e. The molecule has 4 heteroatoms. The maximum Gasteiger partial charge on any atom is 0.0282 e. The van der Waals surface area contributed by atoms with E-state index in [2.05, 4.69) is 4.98 Å². The predicted octanol–water partition coefficient (Wildman–Crippen LogP) is 0.807. The van der Waals surface area contributed by atoms with Crippen LogP contribution in [0, 0.1) is 0 Å². The third kappa shape index (κ3) is 4.06. The van der Waals surface area contributed by atoms with Crippen LogP contribution in [0.15, 0.2) is 24.5 Å². The molecule has 0 bridgehead atoms. The number of nitrogens with zero attached hydrogens (tertiary/aromatic N) is 1. The van der Waals surface area contributed by atoms with E-state index in [-0.39, 0.29) is 38.2 Å². The van der Waals surface area contributed by atoms with Crippen molar-refractivity contribution >= 4 is 0 Å².